The average molecular weight is 266 g/mol. The minimum atomic E-state index is -0.918. The van der Waals surface area contributed by atoms with Crippen molar-refractivity contribution in [3.63, 3.8) is 0 Å². The van der Waals surface area contributed by atoms with Crippen LogP contribution in [-0.2, 0) is 16.0 Å². The van der Waals surface area contributed by atoms with E-state index in [-0.39, 0.29) is 13.0 Å². The van der Waals surface area contributed by atoms with Gasteiger partial charge < -0.3 is 15.2 Å². The van der Waals surface area contributed by atoms with Gasteiger partial charge >= 0.3 is 12.0 Å². The molecule has 0 radical (unpaired) electrons. The highest BCUT2D eigenvalue weighted by molar-refractivity contribution is 5.94. The lowest BCUT2D eigenvalue weighted by Crippen LogP contribution is -2.39. The zero-order valence-corrected chi connectivity index (χ0v) is 10.3. The molecule has 0 saturated carbocycles. The first-order valence-electron chi connectivity index (χ1n) is 5.46. The highest BCUT2D eigenvalue weighted by atomic mass is 16.5. The highest BCUT2D eigenvalue weighted by Crippen LogP contribution is 2.12. The summed E-state index contributed by atoms with van der Waals surface area (Å²) >= 11 is 0. The third-order valence-corrected chi connectivity index (χ3v) is 2.13. The normalized spacial score (nSPS) is 9.53. The van der Waals surface area contributed by atoms with E-state index in [4.69, 9.17) is 9.84 Å². The lowest BCUT2D eigenvalue weighted by molar-refractivity contribution is -0.136. The molecule has 102 valence electrons. The molecule has 1 aromatic carbocycles. The highest BCUT2D eigenvalue weighted by Gasteiger charge is 2.06. The van der Waals surface area contributed by atoms with Gasteiger partial charge in [0.15, 0.2) is 6.61 Å². The Bertz CT molecular complexity index is 470. The minimum Gasteiger partial charge on any atom is -0.484 e. The van der Waals surface area contributed by atoms with Gasteiger partial charge in [0, 0.05) is 7.05 Å². The molecule has 7 heteroatoms. The van der Waals surface area contributed by atoms with E-state index in [1.807, 2.05) is 5.32 Å². The number of carbonyl (C=O) groups is 3. The lowest BCUT2D eigenvalue weighted by Gasteiger charge is -2.06. The number of aliphatic carboxylic acids is 1. The molecule has 1 rings (SSSR count). The molecule has 1 aromatic rings. The van der Waals surface area contributed by atoms with Gasteiger partial charge in [0.05, 0.1) is 6.42 Å². The molecular formula is C12H14N2O5. The molecule has 0 aliphatic carbocycles. The van der Waals surface area contributed by atoms with Crippen molar-refractivity contribution in [3.8, 4) is 5.75 Å². The molecule has 0 atom stereocenters. The van der Waals surface area contributed by atoms with Crippen LogP contribution in [0.4, 0.5) is 4.79 Å². The molecule has 0 bridgehead atoms. The lowest BCUT2D eigenvalue weighted by atomic mass is 10.1. The number of amides is 3. The zero-order valence-electron chi connectivity index (χ0n) is 10.3. The average Bonchev–Trinajstić information content (AvgIpc) is 2.37. The van der Waals surface area contributed by atoms with Gasteiger partial charge in [0.2, 0.25) is 0 Å². The van der Waals surface area contributed by atoms with Gasteiger partial charge in [-0.25, -0.2) is 4.79 Å². The number of hydrogen-bond acceptors (Lipinski definition) is 4. The Morgan fingerprint density at radius 2 is 1.84 bits per heavy atom. The Labute approximate surface area is 109 Å². The third kappa shape index (κ3) is 5.53. The van der Waals surface area contributed by atoms with E-state index in [0.29, 0.717) is 11.3 Å². The van der Waals surface area contributed by atoms with Crippen molar-refractivity contribution in [2.24, 2.45) is 0 Å². The van der Waals surface area contributed by atoms with Crippen LogP contribution in [-0.4, -0.2) is 36.7 Å². The predicted octanol–water partition coefficient (Wildman–Crippen LogP) is 0.148. The number of carboxylic acid groups (broad SMARTS) is 1. The Morgan fingerprint density at radius 3 is 2.37 bits per heavy atom. The number of carboxylic acids is 1. The summed E-state index contributed by atoms with van der Waals surface area (Å²) in [6.07, 6.45) is -0.0720. The van der Waals surface area contributed by atoms with Crippen molar-refractivity contribution in [1.82, 2.24) is 10.6 Å². The van der Waals surface area contributed by atoms with Crippen LogP contribution in [0.25, 0.3) is 0 Å². The first kappa shape index (κ1) is 14.5. The Balaban J connectivity index is 2.43. The molecule has 0 heterocycles. The van der Waals surface area contributed by atoms with Crippen LogP contribution < -0.4 is 15.4 Å². The number of imide groups is 1. The fourth-order valence-electron chi connectivity index (χ4n) is 1.25. The Hall–Kier alpha value is -2.57. The Morgan fingerprint density at radius 1 is 1.21 bits per heavy atom. The number of hydrogen-bond donors (Lipinski definition) is 3. The topological polar surface area (TPSA) is 105 Å². The molecule has 3 amide bonds. The van der Waals surface area contributed by atoms with Gasteiger partial charge in [0.1, 0.15) is 5.75 Å². The monoisotopic (exact) mass is 266 g/mol. The molecule has 0 aromatic heterocycles. The van der Waals surface area contributed by atoms with E-state index in [2.05, 4.69) is 5.32 Å². The summed E-state index contributed by atoms with van der Waals surface area (Å²) in [5.74, 6) is -1.08. The molecule has 0 aliphatic rings. The smallest absolute Gasteiger partial charge is 0.321 e. The van der Waals surface area contributed by atoms with Crippen LogP contribution in [0.5, 0.6) is 5.75 Å². The zero-order chi connectivity index (χ0) is 14.3. The first-order chi connectivity index (χ1) is 9.01. The van der Waals surface area contributed by atoms with Crippen LogP contribution in [0, 0.1) is 0 Å². The van der Waals surface area contributed by atoms with Crippen LogP contribution >= 0.6 is 0 Å². The van der Waals surface area contributed by atoms with E-state index >= 15 is 0 Å². The molecular weight excluding hydrogens is 252 g/mol. The maximum atomic E-state index is 11.2. The number of nitrogens with one attached hydrogen (secondary N) is 2. The largest absolute Gasteiger partial charge is 0.484 e. The summed E-state index contributed by atoms with van der Waals surface area (Å²) in [4.78, 5) is 32.5. The van der Waals surface area contributed by atoms with Gasteiger partial charge in [-0.05, 0) is 17.7 Å². The predicted molar refractivity (Wildman–Crippen MR) is 65.9 cm³/mol. The van der Waals surface area contributed by atoms with Crippen molar-refractivity contribution in [2.45, 2.75) is 6.42 Å². The standard InChI is InChI=1S/C12H14N2O5/c1-13-12(18)14-10(15)7-19-9-4-2-8(3-5-9)6-11(16)17/h2-5H,6-7H2,1H3,(H,16,17)(H2,13,14,15,18). The molecule has 7 nitrogen and oxygen atoms in total. The quantitative estimate of drug-likeness (QED) is 0.703. The number of benzene rings is 1. The van der Waals surface area contributed by atoms with Crippen LogP contribution in [0.1, 0.15) is 5.56 Å². The molecule has 0 saturated heterocycles. The van der Waals surface area contributed by atoms with Crippen molar-refractivity contribution >= 4 is 17.9 Å². The number of ether oxygens (including phenoxy) is 1. The van der Waals surface area contributed by atoms with Crippen molar-refractivity contribution in [3.05, 3.63) is 29.8 Å². The van der Waals surface area contributed by atoms with Crippen LogP contribution in [0.2, 0.25) is 0 Å². The fraction of sp³-hybridized carbons (Fsp3) is 0.250. The van der Waals surface area contributed by atoms with E-state index in [1.54, 1.807) is 24.3 Å². The summed E-state index contributed by atoms with van der Waals surface area (Å²) < 4.78 is 5.13. The van der Waals surface area contributed by atoms with E-state index in [1.165, 1.54) is 7.05 Å². The van der Waals surface area contributed by atoms with Gasteiger partial charge in [0.25, 0.3) is 5.91 Å². The van der Waals surface area contributed by atoms with Gasteiger partial charge in [-0.2, -0.15) is 0 Å². The molecule has 0 aliphatic heterocycles. The molecule has 0 unspecified atom stereocenters. The summed E-state index contributed by atoms with van der Waals surface area (Å²) in [5, 5.41) is 12.9. The Kier molecular flexibility index (Phi) is 5.34. The van der Waals surface area contributed by atoms with Gasteiger partial charge in [-0.3, -0.25) is 14.9 Å². The molecule has 0 spiro atoms. The second-order valence-electron chi connectivity index (χ2n) is 3.63. The number of rotatable bonds is 5. The second-order valence-corrected chi connectivity index (χ2v) is 3.63. The first-order valence-corrected chi connectivity index (χ1v) is 5.46. The maximum Gasteiger partial charge on any atom is 0.321 e. The molecule has 0 fully saturated rings. The molecule has 3 N–H and O–H groups in total. The van der Waals surface area contributed by atoms with Gasteiger partial charge in [-0.15, -0.1) is 0 Å². The van der Waals surface area contributed by atoms with E-state index in [0.717, 1.165) is 0 Å². The van der Waals surface area contributed by atoms with Crippen LogP contribution in [0.15, 0.2) is 24.3 Å². The van der Waals surface area contributed by atoms with Crippen LogP contribution in [0.3, 0.4) is 0 Å². The molecule has 19 heavy (non-hydrogen) atoms. The van der Waals surface area contributed by atoms with Crippen molar-refractivity contribution in [2.75, 3.05) is 13.7 Å². The van der Waals surface area contributed by atoms with Crippen molar-refractivity contribution in [1.29, 1.82) is 0 Å². The third-order valence-electron chi connectivity index (χ3n) is 2.13. The van der Waals surface area contributed by atoms with Gasteiger partial charge in [-0.1, -0.05) is 12.1 Å². The summed E-state index contributed by atoms with van der Waals surface area (Å²) in [6, 6.07) is 5.71. The SMILES string of the molecule is CNC(=O)NC(=O)COc1ccc(CC(=O)O)cc1. The fourth-order valence-corrected chi connectivity index (χ4v) is 1.25. The number of carbonyl (C=O) groups excluding carboxylic acids is 2. The number of urea groups is 1. The second kappa shape index (κ2) is 7.00. The summed E-state index contributed by atoms with van der Waals surface area (Å²) in [6.45, 7) is -0.300. The van der Waals surface area contributed by atoms with Crippen molar-refractivity contribution < 1.29 is 24.2 Å². The minimum absolute atomic E-state index is 0.0720. The van der Waals surface area contributed by atoms with E-state index < -0.39 is 17.9 Å². The summed E-state index contributed by atoms with van der Waals surface area (Å²) in [7, 11) is 1.39. The maximum absolute atomic E-state index is 11.2. The van der Waals surface area contributed by atoms with E-state index in [9.17, 15) is 14.4 Å². The summed E-state index contributed by atoms with van der Waals surface area (Å²) in [5.41, 5.74) is 0.634.